The smallest absolute Gasteiger partial charge is 0.253 e. The van der Waals surface area contributed by atoms with E-state index >= 15 is 0 Å². The summed E-state index contributed by atoms with van der Waals surface area (Å²) in [7, 11) is 0. The summed E-state index contributed by atoms with van der Waals surface area (Å²) >= 11 is 0. The second-order valence-electron chi connectivity index (χ2n) is 7.70. The van der Waals surface area contributed by atoms with Crippen LogP contribution in [0.25, 0.3) is 16.6 Å². The highest BCUT2D eigenvalue weighted by Gasteiger charge is 2.12. The van der Waals surface area contributed by atoms with Crippen LogP contribution < -0.4 is 5.32 Å². The number of carbonyl (C=O) groups excluding carboxylic acids is 1. The van der Waals surface area contributed by atoms with E-state index in [4.69, 9.17) is 0 Å². The fourth-order valence-corrected chi connectivity index (χ4v) is 3.65. The molecule has 0 aliphatic rings. The van der Waals surface area contributed by atoms with Crippen molar-refractivity contribution in [2.45, 2.75) is 33.6 Å². The van der Waals surface area contributed by atoms with Crippen molar-refractivity contribution >= 4 is 16.8 Å². The molecule has 0 saturated heterocycles. The van der Waals surface area contributed by atoms with E-state index in [1.807, 2.05) is 74.0 Å². The normalized spacial score (nSPS) is 11.0. The molecule has 5 heteroatoms. The second kappa shape index (κ2) is 8.49. The van der Waals surface area contributed by atoms with E-state index in [2.05, 4.69) is 27.7 Å². The number of carbonyl (C=O) groups is 1. The summed E-state index contributed by atoms with van der Waals surface area (Å²) in [4.78, 5) is 17.3. The van der Waals surface area contributed by atoms with Gasteiger partial charge in [0.1, 0.15) is 0 Å². The van der Waals surface area contributed by atoms with Crippen LogP contribution in [0.5, 0.6) is 0 Å². The number of fused-ring (bicyclic) bond motifs is 1. The minimum absolute atomic E-state index is 0.0693. The van der Waals surface area contributed by atoms with Gasteiger partial charge in [-0.3, -0.25) is 9.78 Å². The number of pyridine rings is 1. The van der Waals surface area contributed by atoms with Crippen LogP contribution in [0.4, 0.5) is 0 Å². The van der Waals surface area contributed by atoms with Gasteiger partial charge in [-0.05, 0) is 69.5 Å². The minimum atomic E-state index is -0.0693. The monoisotopic (exact) mass is 398 g/mol. The third-order valence-corrected chi connectivity index (χ3v) is 5.34. The molecule has 0 saturated carbocycles. The van der Waals surface area contributed by atoms with Gasteiger partial charge in [0.25, 0.3) is 5.91 Å². The Bertz CT molecular complexity index is 1190. The maximum absolute atomic E-state index is 12.7. The largest absolute Gasteiger partial charge is 0.352 e. The average molecular weight is 399 g/mol. The quantitative estimate of drug-likeness (QED) is 0.479. The lowest BCUT2D eigenvalue weighted by Gasteiger charge is -2.09. The van der Waals surface area contributed by atoms with E-state index in [9.17, 15) is 4.79 Å². The fourth-order valence-electron chi connectivity index (χ4n) is 3.65. The van der Waals surface area contributed by atoms with Gasteiger partial charge in [-0.15, -0.1) is 0 Å². The average Bonchev–Trinajstić information content (AvgIpc) is 3.12. The Kier molecular flexibility index (Phi) is 5.61. The van der Waals surface area contributed by atoms with E-state index in [1.54, 1.807) is 0 Å². The number of amides is 1. The van der Waals surface area contributed by atoms with Crippen LogP contribution in [0.15, 0.2) is 60.8 Å². The minimum Gasteiger partial charge on any atom is -0.352 e. The first-order valence-electron chi connectivity index (χ1n) is 10.3. The van der Waals surface area contributed by atoms with Gasteiger partial charge in [0.15, 0.2) is 0 Å². The lowest BCUT2D eigenvalue weighted by Crippen LogP contribution is -2.25. The molecule has 0 aliphatic carbocycles. The van der Waals surface area contributed by atoms with Crippen molar-refractivity contribution in [3.05, 3.63) is 88.9 Å². The van der Waals surface area contributed by atoms with Crippen molar-refractivity contribution in [3.63, 3.8) is 0 Å². The number of nitrogens with one attached hydrogen (secondary N) is 1. The standard InChI is InChI=1S/C25H26N4O/c1-17-11-12-24-21(14-17)15-23(19(3)27-24)25(30)26-13-7-8-20-16-29(28-18(20)2)22-9-5-4-6-10-22/h4-6,9-12,14-16H,7-8,13H2,1-3H3,(H,26,30). The van der Waals surface area contributed by atoms with Gasteiger partial charge < -0.3 is 5.32 Å². The van der Waals surface area contributed by atoms with Gasteiger partial charge in [-0.1, -0.05) is 29.8 Å². The molecule has 0 radical (unpaired) electrons. The molecule has 0 spiro atoms. The van der Waals surface area contributed by atoms with E-state index in [0.29, 0.717) is 12.1 Å². The van der Waals surface area contributed by atoms with Crippen LogP contribution in [0.1, 0.15) is 39.3 Å². The third-order valence-electron chi connectivity index (χ3n) is 5.34. The first-order chi connectivity index (χ1) is 14.5. The number of hydrogen-bond acceptors (Lipinski definition) is 3. The Morgan fingerprint density at radius 3 is 2.60 bits per heavy atom. The maximum Gasteiger partial charge on any atom is 0.253 e. The molecular formula is C25H26N4O. The van der Waals surface area contributed by atoms with Crippen LogP contribution in [0.3, 0.4) is 0 Å². The Morgan fingerprint density at radius 1 is 1.00 bits per heavy atom. The second-order valence-corrected chi connectivity index (χ2v) is 7.70. The number of aryl methyl sites for hydroxylation is 4. The van der Waals surface area contributed by atoms with E-state index < -0.39 is 0 Å². The van der Waals surface area contributed by atoms with Crippen molar-refractivity contribution in [2.24, 2.45) is 0 Å². The molecule has 0 fully saturated rings. The predicted octanol–water partition coefficient (Wildman–Crippen LogP) is 4.71. The third kappa shape index (κ3) is 4.25. The SMILES string of the molecule is Cc1ccc2nc(C)c(C(=O)NCCCc3cn(-c4ccccc4)nc3C)cc2c1. The molecule has 4 rings (SSSR count). The Labute approximate surface area is 176 Å². The summed E-state index contributed by atoms with van der Waals surface area (Å²) in [5, 5.41) is 8.65. The van der Waals surface area contributed by atoms with Crippen LogP contribution in [-0.4, -0.2) is 27.2 Å². The number of nitrogens with zero attached hydrogens (tertiary/aromatic N) is 3. The summed E-state index contributed by atoms with van der Waals surface area (Å²) in [6.07, 6.45) is 3.80. The van der Waals surface area contributed by atoms with Crippen LogP contribution in [0, 0.1) is 20.8 Å². The van der Waals surface area contributed by atoms with Gasteiger partial charge in [0.05, 0.1) is 28.2 Å². The summed E-state index contributed by atoms with van der Waals surface area (Å²) in [5.74, 6) is -0.0693. The van der Waals surface area contributed by atoms with Gasteiger partial charge in [-0.2, -0.15) is 5.10 Å². The van der Waals surface area contributed by atoms with E-state index in [1.165, 1.54) is 5.56 Å². The predicted molar refractivity (Wildman–Crippen MR) is 120 cm³/mol. The molecule has 152 valence electrons. The molecular weight excluding hydrogens is 372 g/mol. The molecule has 5 nitrogen and oxygen atoms in total. The maximum atomic E-state index is 12.7. The van der Waals surface area contributed by atoms with Crippen LogP contribution in [-0.2, 0) is 6.42 Å². The highest BCUT2D eigenvalue weighted by atomic mass is 16.1. The highest BCUT2D eigenvalue weighted by molar-refractivity contribution is 5.98. The van der Waals surface area contributed by atoms with Crippen molar-refractivity contribution in [2.75, 3.05) is 6.54 Å². The molecule has 2 aromatic carbocycles. The summed E-state index contributed by atoms with van der Waals surface area (Å²) in [6, 6.07) is 18.1. The number of para-hydroxylation sites is 1. The molecule has 0 unspecified atom stereocenters. The van der Waals surface area contributed by atoms with Crippen molar-refractivity contribution in [1.29, 1.82) is 0 Å². The van der Waals surface area contributed by atoms with Gasteiger partial charge in [0.2, 0.25) is 0 Å². The number of aromatic nitrogens is 3. The Morgan fingerprint density at radius 2 is 1.80 bits per heavy atom. The summed E-state index contributed by atoms with van der Waals surface area (Å²) in [5.41, 5.74) is 6.74. The lowest BCUT2D eigenvalue weighted by molar-refractivity contribution is 0.0952. The summed E-state index contributed by atoms with van der Waals surface area (Å²) < 4.78 is 1.91. The molecule has 0 bridgehead atoms. The molecule has 2 heterocycles. The molecule has 2 aromatic heterocycles. The topological polar surface area (TPSA) is 59.8 Å². The van der Waals surface area contributed by atoms with Gasteiger partial charge in [-0.25, -0.2) is 4.68 Å². The van der Waals surface area contributed by atoms with Crippen LogP contribution >= 0.6 is 0 Å². The number of benzene rings is 2. The molecule has 1 amide bonds. The van der Waals surface area contributed by atoms with E-state index in [0.717, 1.165) is 46.4 Å². The zero-order valence-electron chi connectivity index (χ0n) is 17.6. The van der Waals surface area contributed by atoms with Crippen LogP contribution in [0.2, 0.25) is 0 Å². The zero-order chi connectivity index (χ0) is 21.1. The molecule has 0 aliphatic heterocycles. The molecule has 1 N–H and O–H groups in total. The first kappa shape index (κ1) is 19.8. The lowest BCUT2D eigenvalue weighted by atomic mass is 10.1. The molecule has 30 heavy (non-hydrogen) atoms. The van der Waals surface area contributed by atoms with Crippen molar-refractivity contribution in [3.8, 4) is 5.69 Å². The van der Waals surface area contributed by atoms with Crippen molar-refractivity contribution in [1.82, 2.24) is 20.1 Å². The number of hydrogen-bond donors (Lipinski definition) is 1. The van der Waals surface area contributed by atoms with Crippen molar-refractivity contribution < 1.29 is 4.79 Å². The molecule has 4 aromatic rings. The highest BCUT2D eigenvalue weighted by Crippen LogP contribution is 2.18. The Hall–Kier alpha value is -3.47. The summed E-state index contributed by atoms with van der Waals surface area (Å²) in [6.45, 7) is 6.57. The van der Waals surface area contributed by atoms with Gasteiger partial charge >= 0.3 is 0 Å². The molecule has 0 atom stereocenters. The van der Waals surface area contributed by atoms with Gasteiger partial charge in [0, 0.05) is 18.1 Å². The van der Waals surface area contributed by atoms with E-state index in [-0.39, 0.29) is 5.91 Å². The first-order valence-corrected chi connectivity index (χ1v) is 10.3. The fraction of sp³-hybridized carbons (Fsp3) is 0.240. The zero-order valence-corrected chi connectivity index (χ0v) is 17.6. The number of rotatable bonds is 6. The Balaban J connectivity index is 1.37.